The quantitative estimate of drug-likeness (QED) is 0.434. The van der Waals surface area contributed by atoms with Crippen LogP contribution in [0.15, 0.2) is 47.2 Å². The Morgan fingerprint density at radius 2 is 2.03 bits per heavy atom. The Bertz CT molecular complexity index is 1190. The lowest BCUT2D eigenvalue weighted by atomic mass is 10.2. The minimum absolute atomic E-state index is 0.198. The topological polar surface area (TPSA) is 108 Å². The highest BCUT2D eigenvalue weighted by atomic mass is 19.1. The first-order valence-corrected chi connectivity index (χ1v) is 11.3. The lowest BCUT2D eigenvalue weighted by Crippen LogP contribution is -2.33. The van der Waals surface area contributed by atoms with Gasteiger partial charge in [0, 0.05) is 44.2 Å². The van der Waals surface area contributed by atoms with Crippen LogP contribution in [0, 0.1) is 5.82 Å². The summed E-state index contributed by atoms with van der Waals surface area (Å²) in [5, 5.41) is 6.69. The van der Waals surface area contributed by atoms with E-state index in [1.54, 1.807) is 41.2 Å². The molecule has 1 N–H and O–H groups in total. The van der Waals surface area contributed by atoms with Crippen molar-refractivity contribution in [1.82, 2.24) is 15.0 Å². The Kier molecular flexibility index (Phi) is 7.47. The number of rotatable bonds is 10. The normalized spacial score (nSPS) is 15.6. The maximum atomic E-state index is 15.0. The number of aromatic nitrogens is 2. The Morgan fingerprint density at radius 1 is 1.26 bits per heavy atom. The monoisotopic (exact) mass is 486 g/mol. The molecule has 1 aliphatic heterocycles. The van der Waals surface area contributed by atoms with Crippen molar-refractivity contribution >= 4 is 17.7 Å². The summed E-state index contributed by atoms with van der Waals surface area (Å²) in [6, 6.07) is 8.02. The van der Waals surface area contributed by atoms with Crippen LogP contribution >= 0.6 is 0 Å². The van der Waals surface area contributed by atoms with Gasteiger partial charge in [-0.1, -0.05) is 5.16 Å². The fraction of sp³-hybridized carbons (Fsp3) is 0.375. The number of nitrogens with zero attached hydrogens (tertiary/aromatic N) is 3. The number of carbonyl (C=O) groups excluding carboxylic acids is 2. The molecule has 0 bridgehead atoms. The first-order valence-electron chi connectivity index (χ1n) is 11.3. The minimum atomic E-state index is -0.645. The molecule has 0 radical (unpaired) electrons. The highest BCUT2D eigenvalue weighted by Gasteiger charge is 2.32. The molecule has 1 atom stereocenters. The molecule has 1 fully saturated rings. The van der Waals surface area contributed by atoms with Crippen LogP contribution in [0.25, 0.3) is 16.9 Å². The second-order valence-corrected chi connectivity index (χ2v) is 7.85. The molecule has 0 aliphatic carbocycles. The van der Waals surface area contributed by atoms with Crippen LogP contribution in [0.2, 0.25) is 0 Å². The summed E-state index contributed by atoms with van der Waals surface area (Å²) in [5.74, 6) is -0.288. The highest BCUT2D eigenvalue weighted by molar-refractivity contribution is 5.90. The second-order valence-electron chi connectivity index (χ2n) is 7.85. The zero-order chi connectivity index (χ0) is 24.9. The van der Waals surface area contributed by atoms with E-state index in [1.807, 2.05) is 13.8 Å². The van der Waals surface area contributed by atoms with Crippen LogP contribution in [0.1, 0.15) is 32.8 Å². The molecule has 0 spiro atoms. The molecular weight excluding hydrogens is 459 g/mol. The van der Waals surface area contributed by atoms with Gasteiger partial charge < -0.3 is 28.6 Å². The number of benzene rings is 1. The van der Waals surface area contributed by atoms with Crippen molar-refractivity contribution in [2.75, 3.05) is 31.2 Å². The largest absolute Gasteiger partial charge is 0.442 e. The molecular formula is C24H27FN4O6. The van der Waals surface area contributed by atoms with Crippen LogP contribution in [0.3, 0.4) is 0 Å². The van der Waals surface area contributed by atoms with Crippen molar-refractivity contribution < 1.29 is 32.7 Å². The lowest BCUT2D eigenvalue weighted by molar-refractivity contribution is -0.152. The Morgan fingerprint density at radius 3 is 2.71 bits per heavy atom. The van der Waals surface area contributed by atoms with E-state index >= 15 is 4.39 Å². The van der Waals surface area contributed by atoms with Crippen LogP contribution in [0.5, 0.6) is 0 Å². The number of cyclic esters (lactones) is 1. The Hall–Kier alpha value is -3.70. The molecule has 2 aromatic heterocycles. The van der Waals surface area contributed by atoms with E-state index < -0.39 is 24.3 Å². The molecule has 10 nitrogen and oxygen atoms in total. The summed E-state index contributed by atoms with van der Waals surface area (Å²) in [7, 11) is 0. The second kappa shape index (κ2) is 10.7. The molecule has 1 aliphatic rings. The van der Waals surface area contributed by atoms with Crippen molar-refractivity contribution in [3.05, 3.63) is 54.3 Å². The third-order valence-electron chi connectivity index (χ3n) is 5.36. The van der Waals surface area contributed by atoms with Crippen molar-refractivity contribution in [2.24, 2.45) is 0 Å². The van der Waals surface area contributed by atoms with E-state index in [0.717, 1.165) is 5.56 Å². The van der Waals surface area contributed by atoms with Gasteiger partial charge in [0.15, 0.2) is 5.76 Å². The van der Waals surface area contributed by atoms with Crippen LogP contribution in [0.4, 0.5) is 14.9 Å². The van der Waals surface area contributed by atoms with E-state index in [4.69, 9.17) is 18.7 Å². The smallest absolute Gasteiger partial charge is 0.414 e. The van der Waals surface area contributed by atoms with Gasteiger partial charge in [-0.25, -0.2) is 9.18 Å². The van der Waals surface area contributed by atoms with Gasteiger partial charge in [-0.2, -0.15) is 0 Å². The van der Waals surface area contributed by atoms with E-state index in [0.29, 0.717) is 36.0 Å². The van der Waals surface area contributed by atoms with Gasteiger partial charge in [0.1, 0.15) is 17.6 Å². The first-order chi connectivity index (χ1) is 16.9. The molecule has 3 heterocycles. The lowest BCUT2D eigenvalue weighted by Gasteiger charge is -2.14. The molecule has 35 heavy (non-hydrogen) atoms. The number of halogens is 1. The summed E-state index contributed by atoms with van der Waals surface area (Å²) in [4.78, 5) is 24.6. The number of nitrogens with one attached hydrogen (secondary N) is 1. The predicted octanol–water partition coefficient (Wildman–Crippen LogP) is 3.80. The van der Waals surface area contributed by atoms with Gasteiger partial charge in [0.05, 0.1) is 24.5 Å². The minimum Gasteiger partial charge on any atom is -0.442 e. The third kappa shape index (κ3) is 5.52. The van der Waals surface area contributed by atoms with Crippen LogP contribution in [-0.2, 0) is 19.0 Å². The summed E-state index contributed by atoms with van der Waals surface area (Å²) in [6.45, 7) is 6.43. The summed E-state index contributed by atoms with van der Waals surface area (Å²) < 4.78 is 38.4. The summed E-state index contributed by atoms with van der Waals surface area (Å²) in [5.41, 5.74) is 1.95. The van der Waals surface area contributed by atoms with Gasteiger partial charge >= 0.3 is 6.09 Å². The maximum absolute atomic E-state index is 15.0. The van der Waals surface area contributed by atoms with Crippen molar-refractivity contribution in [2.45, 2.75) is 33.2 Å². The number of ether oxygens (including phenoxy) is 3. The first kappa shape index (κ1) is 24.4. The highest BCUT2D eigenvalue weighted by Crippen LogP contribution is 2.29. The van der Waals surface area contributed by atoms with E-state index in [9.17, 15) is 9.59 Å². The number of hydrogen-bond donors (Lipinski definition) is 1. The van der Waals surface area contributed by atoms with E-state index in [2.05, 4.69) is 10.5 Å². The molecule has 186 valence electrons. The Balaban J connectivity index is 1.48. The van der Waals surface area contributed by atoms with E-state index in [1.165, 1.54) is 17.9 Å². The molecule has 1 aromatic carbocycles. The van der Waals surface area contributed by atoms with Crippen molar-refractivity contribution in [3.8, 4) is 16.9 Å². The molecule has 0 saturated carbocycles. The summed E-state index contributed by atoms with van der Waals surface area (Å²) >= 11 is 0. The zero-order valence-corrected chi connectivity index (χ0v) is 19.7. The van der Waals surface area contributed by atoms with Crippen LogP contribution in [-0.4, -0.2) is 54.1 Å². The molecule has 2 amide bonds. The van der Waals surface area contributed by atoms with Crippen LogP contribution < -0.4 is 10.2 Å². The maximum Gasteiger partial charge on any atom is 0.414 e. The molecule has 4 rings (SSSR count). The number of carbonyl (C=O) groups is 2. The van der Waals surface area contributed by atoms with Gasteiger partial charge in [-0.15, -0.1) is 0 Å². The average molecular weight is 487 g/mol. The number of hydrogen-bond acceptors (Lipinski definition) is 7. The fourth-order valence-corrected chi connectivity index (χ4v) is 3.72. The van der Waals surface area contributed by atoms with Gasteiger partial charge in [0.25, 0.3) is 0 Å². The standard InChI is InChI=1S/C24H27FN4O6/c1-4-32-23(33-5-2)22-11-20(27-35-22)16-8-9-28(13-16)21-7-6-17(10-19(21)25)29-14-18(34-24(29)31)12-26-15(3)30/h6-11,13,18,23H,4-5,12,14H2,1-3H3,(H,26,30)/t18-/m0/s1. The molecule has 0 unspecified atom stereocenters. The average Bonchev–Trinajstić information content (AvgIpc) is 3.57. The number of amides is 2. The molecule has 1 saturated heterocycles. The Labute approximate surface area is 201 Å². The third-order valence-corrected chi connectivity index (χ3v) is 5.36. The van der Waals surface area contributed by atoms with Gasteiger partial charge in [0.2, 0.25) is 12.2 Å². The predicted molar refractivity (Wildman–Crippen MR) is 124 cm³/mol. The summed E-state index contributed by atoms with van der Waals surface area (Å²) in [6.07, 6.45) is 1.70. The molecule has 3 aromatic rings. The van der Waals surface area contributed by atoms with Crippen molar-refractivity contribution in [1.29, 1.82) is 0 Å². The molecule has 11 heteroatoms. The van der Waals surface area contributed by atoms with E-state index in [-0.39, 0.29) is 19.0 Å². The fourth-order valence-electron chi connectivity index (χ4n) is 3.72. The van der Waals surface area contributed by atoms with Crippen molar-refractivity contribution in [3.63, 3.8) is 0 Å². The zero-order valence-electron chi connectivity index (χ0n) is 19.7. The SMILES string of the molecule is CCOC(OCC)c1cc(-c2ccn(-c3ccc(N4C[C@H](CNC(C)=O)OC4=O)cc3F)c2)no1. The van der Waals surface area contributed by atoms with Gasteiger partial charge in [-0.05, 0) is 38.1 Å². The van der Waals surface area contributed by atoms with Gasteiger partial charge in [-0.3, -0.25) is 9.69 Å². The number of anilines is 1.